The smallest absolute Gasteiger partial charge is 0.335 e. The highest BCUT2D eigenvalue weighted by Crippen LogP contribution is 2.55. The Balaban J connectivity index is 1.28. The number of rotatable bonds is 5. The van der Waals surface area contributed by atoms with E-state index in [9.17, 15) is 9.90 Å². The molecule has 4 heterocycles. The summed E-state index contributed by atoms with van der Waals surface area (Å²) in [6.45, 7) is 7.73. The number of hydrogen-bond donors (Lipinski definition) is 1. The topological polar surface area (TPSA) is 62.2 Å². The maximum Gasteiger partial charge on any atom is 0.335 e. The molecule has 5 rings (SSSR count). The van der Waals surface area contributed by atoms with Crippen LogP contribution in [0.4, 0.5) is 0 Å². The van der Waals surface area contributed by atoms with Crippen LogP contribution in [0.1, 0.15) is 28.8 Å². The largest absolute Gasteiger partial charge is 0.478 e. The first-order valence-corrected chi connectivity index (χ1v) is 10.2. The van der Waals surface area contributed by atoms with Gasteiger partial charge in [-0.25, -0.2) is 4.79 Å². The lowest BCUT2D eigenvalue weighted by Crippen LogP contribution is -2.45. The summed E-state index contributed by atoms with van der Waals surface area (Å²) in [5.74, 6) is 0.357. The Morgan fingerprint density at radius 3 is 2.93 bits per heavy atom. The second-order valence-electron chi connectivity index (χ2n) is 8.62. The lowest BCUT2D eigenvalue weighted by Gasteiger charge is -2.35. The van der Waals surface area contributed by atoms with E-state index in [0.29, 0.717) is 23.5 Å². The SMILES string of the molecule is O=C(O)c1cccc(CN2C[C@@H]3[C@H](CN4CCOCC4)[C@H]4CC[C@]3(C2)O4)c1. The van der Waals surface area contributed by atoms with Gasteiger partial charge in [0.15, 0.2) is 0 Å². The summed E-state index contributed by atoms with van der Waals surface area (Å²) in [5, 5.41) is 9.23. The van der Waals surface area contributed by atoms with Gasteiger partial charge in [0.1, 0.15) is 0 Å². The molecule has 1 aromatic carbocycles. The van der Waals surface area contributed by atoms with Crippen molar-refractivity contribution in [2.24, 2.45) is 11.8 Å². The Bertz CT molecular complexity index is 720. The molecular formula is C21H28N2O4. The van der Waals surface area contributed by atoms with Crippen molar-refractivity contribution in [2.45, 2.75) is 31.1 Å². The number of benzene rings is 1. The van der Waals surface area contributed by atoms with Gasteiger partial charge in [-0.2, -0.15) is 0 Å². The van der Waals surface area contributed by atoms with Crippen LogP contribution in [-0.2, 0) is 16.0 Å². The average Bonchev–Trinajstić information content (AvgIpc) is 3.32. The van der Waals surface area contributed by atoms with E-state index in [-0.39, 0.29) is 5.60 Å². The van der Waals surface area contributed by atoms with Crippen LogP contribution >= 0.6 is 0 Å². The molecule has 0 radical (unpaired) electrons. The lowest BCUT2D eigenvalue weighted by molar-refractivity contribution is -0.00283. The van der Waals surface area contributed by atoms with Gasteiger partial charge in [-0.1, -0.05) is 12.1 Å². The Labute approximate surface area is 160 Å². The van der Waals surface area contributed by atoms with Gasteiger partial charge in [0.25, 0.3) is 0 Å². The lowest BCUT2D eigenvalue weighted by atomic mass is 9.73. The van der Waals surface area contributed by atoms with Crippen molar-refractivity contribution in [3.63, 3.8) is 0 Å². The molecule has 0 saturated carbocycles. The van der Waals surface area contributed by atoms with Gasteiger partial charge in [-0.05, 0) is 30.5 Å². The minimum Gasteiger partial charge on any atom is -0.478 e. The van der Waals surface area contributed by atoms with Gasteiger partial charge in [-0.15, -0.1) is 0 Å². The molecule has 4 aliphatic heterocycles. The molecule has 1 aromatic rings. The summed E-state index contributed by atoms with van der Waals surface area (Å²) in [6, 6.07) is 7.34. The summed E-state index contributed by atoms with van der Waals surface area (Å²) in [7, 11) is 0. The number of ether oxygens (including phenoxy) is 2. The molecule has 146 valence electrons. The Kier molecular flexibility index (Phi) is 4.47. The quantitative estimate of drug-likeness (QED) is 0.849. The number of aromatic carboxylic acids is 1. The standard InChI is InChI=1S/C21H28N2O4/c24-20(25)16-3-1-2-15(10-16)11-23-13-18-17(12-22-6-8-26-9-7-22)19-4-5-21(18,14-23)27-19/h1-3,10,17-19H,4-9,11-14H2,(H,24,25)/t17-,18+,19+,21+/m0/s1. The van der Waals surface area contributed by atoms with Crippen molar-refractivity contribution in [3.05, 3.63) is 35.4 Å². The van der Waals surface area contributed by atoms with Crippen LogP contribution in [0, 0.1) is 11.8 Å². The number of hydrogen-bond acceptors (Lipinski definition) is 5. The average molecular weight is 372 g/mol. The second-order valence-corrected chi connectivity index (χ2v) is 8.62. The van der Waals surface area contributed by atoms with Crippen LogP contribution in [0.15, 0.2) is 24.3 Å². The highest BCUT2D eigenvalue weighted by atomic mass is 16.5. The first-order valence-electron chi connectivity index (χ1n) is 10.2. The number of fused-ring (bicyclic) bond motifs is 1. The Morgan fingerprint density at radius 1 is 1.26 bits per heavy atom. The molecule has 0 aromatic heterocycles. The third kappa shape index (κ3) is 3.18. The maximum absolute atomic E-state index is 11.2. The first-order chi connectivity index (χ1) is 13.1. The number of morpholine rings is 1. The van der Waals surface area contributed by atoms with E-state index in [0.717, 1.165) is 58.0 Å². The molecular weight excluding hydrogens is 344 g/mol. The van der Waals surface area contributed by atoms with Gasteiger partial charge in [-0.3, -0.25) is 9.80 Å². The first kappa shape index (κ1) is 17.6. The summed E-state index contributed by atoms with van der Waals surface area (Å²) in [5.41, 5.74) is 1.48. The molecule has 6 nitrogen and oxygen atoms in total. The van der Waals surface area contributed by atoms with E-state index in [1.165, 1.54) is 12.8 Å². The molecule has 1 spiro atoms. The molecule has 0 unspecified atom stereocenters. The van der Waals surface area contributed by atoms with E-state index in [4.69, 9.17) is 9.47 Å². The summed E-state index contributed by atoms with van der Waals surface area (Å²) in [4.78, 5) is 16.3. The van der Waals surface area contributed by atoms with Crippen molar-refractivity contribution in [2.75, 3.05) is 45.9 Å². The van der Waals surface area contributed by atoms with E-state index in [1.807, 2.05) is 12.1 Å². The predicted octanol–water partition coefficient (Wildman–Crippen LogP) is 1.70. The fourth-order valence-corrected chi connectivity index (χ4v) is 5.79. The van der Waals surface area contributed by atoms with Gasteiger partial charge < -0.3 is 14.6 Å². The third-order valence-electron chi connectivity index (χ3n) is 7.01. The summed E-state index contributed by atoms with van der Waals surface area (Å²) >= 11 is 0. The van der Waals surface area contributed by atoms with E-state index in [1.54, 1.807) is 12.1 Å². The summed E-state index contributed by atoms with van der Waals surface area (Å²) < 4.78 is 12.1. The van der Waals surface area contributed by atoms with E-state index >= 15 is 0 Å². The van der Waals surface area contributed by atoms with Crippen LogP contribution in [0.2, 0.25) is 0 Å². The molecule has 27 heavy (non-hydrogen) atoms. The van der Waals surface area contributed by atoms with Crippen molar-refractivity contribution < 1.29 is 19.4 Å². The van der Waals surface area contributed by atoms with Crippen LogP contribution in [0.5, 0.6) is 0 Å². The Hall–Kier alpha value is -1.47. The van der Waals surface area contributed by atoms with Crippen LogP contribution in [-0.4, -0.2) is 78.5 Å². The predicted molar refractivity (Wildman–Crippen MR) is 99.8 cm³/mol. The van der Waals surface area contributed by atoms with Gasteiger partial charge in [0.05, 0.1) is 30.5 Å². The zero-order chi connectivity index (χ0) is 18.4. The highest BCUT2D eigenvalue weighted by molar-refractivity contribution is 5.87. The molecule has 2 bridgehead atoms. The monoisotopic (exact) mass is 372 g/mol. The van der Waals surface area contributed by atoms with Crippen LogP contribution in [0.25, 0.3) is 0 Å². The molecule has 4 saturated heterocycles. The number of nitrogens with zero attached hydrogens (tertiary/aromatic N) is 2. The van der Waals surface area contributed by atoms with Crippen molar-refractivity contribution >= 4 is 5.97 Å². The van der Waals surface area contributed by atoms with E-state index in [2.05, 4.69) is 9.80 Å². The zero-order valence-electron chi connectivity index (χ0n) is 15.7. The molecule has 4 atom stereocenters. The summed E-state index contributed by atoms with van der Waals surface area (Å²) in [6.07, 6.45) is 2.79. The zero-order valence-corrected chi connectivity index (χ0v) is 15.7. The fraction of sp³-hybridized carbons (Fsp3) is 0.667. The number of carbonyl (C=O) groups is 1. The normalized spacial score (nSPS) is 36.2. The van der Waals surface area contributed by atoms with Crippen molar-refractivity contribution in [1.82, 2.24) is 9.80 Å². The minimum absolute atomic E-state index is 0.0338. The molecule has 1 N–H and O–H groups in total. The molecule has 4 aliphatic rings. The number of carboxylic acids is 1. The third-order valence-corrected chi connectivity index (χ3v) is 7.01. The van der Waals surface area contributed by atoms with E-state index < -0.39 is 5.97 Å². The second kappa shape index (κ2) is 6.85. The number of carboxylic acid groups (broad SMARTS) is 1. The molecule has 4 fully saturated rings. The van der Waals surface area contributed by atoms with Gasteiger partial charge in [0.2, 0.25) is 0 Å². The maximum atomic E-state index is 11.2. The molecule has 0 amide bonds. The van der Waals surface area contributed by atoms with Crippen LogP contribution in [0.3, 0.4) is 0 Å². The fourth-order valence-electron chi connectivity index (χ4n) is 5.79. The molecule has 6 heteroatoms. The van der Waals surface area contributed by atoms with Crippen LogP contribution < -0.4 is 0 Å². The van der Waals surface area contributed by atoms with Gasteiger partial charge >= 0.3 is 5.97 Å². The van der Waals surface area contributed by atoms with Gasteiger partial charge in [0, 0.05) is 51.1 Å². The molecule has 0 aliphatic carbocycles. The van der Waals surface area contributed by atoms with Crippen molar-refractivity contribution in [3.8, 4) is 0 Å². The van der Waals surface area contributed by atoms with Crippen molar-refractivity contribution in [1.29, 1.82) is 0 Å². The highest BCUT2D eigenvalue weighted by Gasteiger charge is 2.62. The Morgan fingerprint density at radius 2 is 2.11 bits per heavy atom. The minimum atomic E-state index is -0.860. The number of likely N-dealkylation sites (tertiary alicyclic amines) is 1.